The van der Waals surface area contributed by atoms with Crippen molar-refractivity contribution in [3.63, 3.8) is 0 Å². The molecule has 2 aromatic carbocycles. The highest BCUT2D eigenvalue weighted by atomic mass is 32.2. The predicted molar refractivity (Wildman–Crippen MR) is 124 cm³/mol. The molecule has 0 unspecified atom stereocenters. The highest BCUT2D eigenvalue weighted by Crippen LogP contribution is 2.22. The maximum absolute atomic E-state index is 13.1. The van der Waals surface area contributed by atoms with E-state index in [-0.39, 0.29) is 23.8 Å². The predicted octanol–water partition coefficient (Wildman–Crippen LogP) is 4.49. The van der Waals surface area contributed by atoms with Crippen molar-refractivity contribution < 1.29 is 9.21 Å². The number of carbonyl (C=O) groups is 1. The number of aryl methyl sites for hydroxylation is 1. The number of aromatic nitrogens is 2. The molecule has 1 amide bonds. The van der Waals surface area contributed by atoms with Crippen LogP contribution >= 0.6 is 11.8 Å². The zero-order valence-corrected chi connectivity index (χ0v) is 18.3. The van der Waals surface area contributed by atoms with Gasteiger partial charge in [-0.25, -0.2) is 4.98 Å². The van der Waals surface area contributed by atoms with Crippen molar-refractivity contribution in [1.82, 2.24) is 9.55 Å². The van der Waals surface area contributed by atoms with Crippen molar-refractivity contribution >= 4 is 34.3 Å². The number of para-hydroxylation sites is 1. The second-order valence-electron chi connectivity index (χ2n) is 7.15. The van der Waals surface area contributed by atoms with Gasteiger partial charge in [-0.1, -0.05) is 36.0 Å². The van der Waals surface area contributed by atoms with Crippen molar-refractivity contribution in [3.8, 4) is 0 Å². The van der Waals surface area contributed by atoms with Gasteiger partial charge in [0.15, 0.2) is 5.16 Å². The fraction of sp³-hybridized carbons (Fsp3) is 0.208. The van der Waals surface area contributed by atoms with Gasteiger partial charge in [-0.05, 0) is 55.8 Å². The van der Waals surface area contributed by atoms with Gasteiger partial charge in [0.25, 0.3) is 5.56 Å². The van der Waals surface area contributed by atoms with E-state index in [1.54, 1.807) is 27.9 Å². The summed E-state index contributed by atoms with van der Waals surface area (Å²) in [5.74, 6) is 0.789. The van der Waals surface area contributed by atoms with Crippen LogP contribution in [0.4, 0.5) is 5.69 Å². The minimum Gasteiger partial charge on any atom is -0.467 e. The van der Waals surface area contributed by atoms with Gasteiger partial charge in [-0.3, -0.25) is 14.2 Å². The first-order valence-electron chi connectivity index (χ1n) is 10.1. The lowest BCUT2D eigenvalue weighted by Gasteiger charge is -2.21. The van der Waals surface area contributed by atoms with Gasteiger partial charge in [0, 0.05) is 12.2 Å². The monoisotopic (exact) mass is 433 g/mol. The largest absolute Gasteiger partial charge is 0.467 e. The molecule has 31 heavy (non-hydrogen) atoms. The van der Waals surface area contributed by atoms with Gasteiger partial charge in [-0.2, -0.15) is 0 Å². The number of rotatable bonds is 7. The number of nitrogens with zero attached hydrogens (tertiary/aromatic N) is 3. The molecule has 0 spiro atoms. The Hall–Kier alpha value is -3.32. The zero-order valence-electron chi connectivity index (χ0n) is 17.4. The van der Waals surface area contributed by atoms with Crippen LogP contribution in [0.3, 0.4) is 0 Å². The minimum absolute atomic E-state index is 0.0370. The molecule has 0 saturated heterocycles. The van der Waals surface area contributed by atoms with Gasteiger partial charge >= 0.3 is 0 Å². The highest BCUT2D eigenvalue weighted by molar-refractivity contribution is 7.99. The van der Waals surface area contributed by atoms with Gasteiger partial charge < -0.3 is 9.32 Å². The number of fused-ring (bicyclic) bond motifs is 1. The lowest BCUT2D eigenvalue weighted by molar-refractivity contribution is -0.116. The highest BCUT2D eigenvalue weighted by Gasteiger charge is 2.18. The summed E-state index contributed by atoms with van der Waals surface area (Å²) in [6.45, 7) is 4.78. The molecule has 7 heteroatoms. The average Bonchev–Trinajstić information content (AvgIpc) is 3.28. The van der Waals surface area contributed by atoms with Crippen LogP contribution in [0.15, 0.2) is 81.3 Å². The van der Waals surface area contributed by atoms with E-state index in [9.17, 15) is 9.59 Å². The Morgan fingerprint density at radius 1 is 1.13 bits per heavy atom. The third-order valence-electron chi connectivity index (χ3n) is 4.98. The van der Waals surface area contributed by atoms with Crippen molar-refractivity contribution in [2.45, 2.75) is 25.5 Å². The lowest BCUT2D eigenvalue weighted by Crippen LogP contribution is -2.32. The molecular weight excluding hydrogens is 410 g/mol. The van der Waals surface area contributed by atoms with Gasteiger partial charge in [0.05, 0.1) is 29.5 Å². The normalized spacial score (nSPS) is 11.0. The average molecular weight is 434 g/mol. The number of furan rings is 1. The summed E-state index contributed by atoms with van der Waals surface area (Å²) in [4.78, 5) is 32.6. The topological polar surface area (TPSA) is 68.3 Å². The Morgan fingerprint density at radius 3 is 2.71 bits per heavy atom. The molecule has 0 aliphatic rings. The number of hydrogen-bond donors (Lipinski definition) is 0. The first-order valence-corrected chi connectivity index (χ1v) is 11.1. The second kappa shape index (κ2) is 9.22. The third kappa shape index (κ3) is 4.56. The fourth-order valence-electron chi connectivity index (χ4n) is 3.46. The first kappa shape index (κ1) is 20.9. The molecular formula is C24H23N3O3S. The molecule has 2 heterocycles. The van der Waals surface area contributed by atoms with E-state index in [2.05, 4.69) is 4.98 Å². The van der Waals surface area contributed by atoms with E-state index < -0.39 is 0 Å². The molecule has 0 aliphatic heterocycles. The summed E-state index contributed by atoms with van der Waals surface area (Å²) in [6, 6.07) is 18.7. The molecule has 0 bridgehead atoms. The summed E-state index contributed by atoms with van der Waals surface area (Å²) < 4.78 is 7.01. The first-order chi connectivity index (χ1) is 15.1. The fourth-order valence-corrected chi connectivity index (χ4v) is 4.33. The molecule has 0 fully saturated rings. The molecule has 6 nitrogen and oxygen atoms in total. The Labute approximate surface area is 184 Å². The van der Waals surface area contributed by atoms with E-state index >= 15 is 0 Å². The maximum Gasteiger partial charge on any atom is 0.262 e. The second-order valence-corrected chi connectivity index (χ2v) is 8.09. The van der Waals surface area contributed by atoms with Crippen LogP contribution in [0.25, 0.3) is 10.9 Å². The van der Waals surface area contributed by atoms with E-state index in [0.717, 1.165) is 11.3 Å². The number of thioether (sulfide) groups is 1. The molecule has 2 aromatic heterocycles. The number of benzene rings is 2. The van der Waals surface area contributed by atoms with Crippen molar-refractivity contribution in [2.24, 2.45) is 0 Å². The van der Waals surface area contributed by atoms with Crippen molar-refractivity contribution in [2.75, 3.05) is 17.2 Å². The van der Waals surface area contributed by atoms with Crippen LogP contribution in [0.1, 0.15) is 18.2 Å². The summed E-state index contributed by atoms with van der Waals surface area (Å²) in [7, 11) is 0. The smallest absolute Gasteiger partial charge is 0.262 e. The summed E-state index contributed by atoms with van der Waals surface area (Å²) in [6.07, 6.45) is 1.58. The number of hydrogen-bond acceptors (Lipinski definition) is 5. The minimum atomic E-state index is -0.150. The Balaban J connectivity index is 1.64. The summed E-state index contributed by atoms with van der Waals surface area (Å²) in [5, 5.41) is 1.04. The van der Waals surface area contributed by atoms with Gasteiger partial charge in [-0.15, -0.1) is 0 Å². The molecule has 0 aliphatic carbocycles. The molecule has 0 radical (unpaired) electrons. The van der Waals surface area contributed by atoms with Crippen LogP contribution in [0.2, 0.25) is 0 Å². The van der Waals surface area contributed by atoms with Gasteiger partial charge in [0.2, 0.25) is 5.91 Å². The number of amides is 1. The SMILES string of the molecule is CCN(C(=O)CSc1nc2ccccc2c(=O)n1Cc1ccco1)c1cccc(C)c1. The Kier molecular flexibility index (Phi) is 6.23. The van der Waals surface area contributed by atoms with E-state index in [1.165, 1.54) is 11.8 Å². The lowest BCUT2D eigenvalue weighted by atomic mass is 10.2. The quantitative estimate of drug-likeness (QED) is 0.317. The molecule has 0 N–H and O–H groups in total. The van der Waals surface area contributed by atoms with Crippen LogP contribution in [0, 0.1) is 6.92 Å². The van der Waals surface area contributed by atoms with Crippen LogP contribution in [-0.2, 0) is 11.3 Å². The van der Waals surface area contributed by atoms with Gasteiger partial charge in [0.1, 0.15) is 5.76 Å². The van der Waals surface area contributed by atoms with E-state index in [4.69, 9.17) is 4.42 Å². The Morgan fingerprint density at radius 2 is 1.97 bits per heavy atom. The molecule has 0 saturated carbocycles. The van der Waals surface area contributed by atoms with Crippen LogP contribution in [0.5, 0.6) is 0 Å². The van der Waals surface area contributed by atoms with Crippen LogP contribution in [-0.4, -0.2) is 27.8 Å². The summed E-state index contributed by atoms with van der Waals surface area (Å²) in [5.41, 5.74) is 2.43. The van der Waals surface area contributed by atoms with Crippen molar-refractivity contribution in [1.29, 1.82) is 0 Å². The Bertz CT molecular complexity index is 1260. The molecule has 158 valence electrons. The number of anilines is 1. The third-order valence-corrected chi connectivity index (χ3v) is 5.94. The zero-order chi connectivity index (χ0) is 21.8. The van der Waals surface area contributed by atoms with E-state index in [1.807, 2.05) is 62.4 Å². The molecule has 4 rings (SSSR count). The van der Waals surface area contributed by atoms with E-state index in [0.29, 0.717) is 28.4 Å². The molecule has 4 aromatic rings. The number of carbonyl (C=O) groups excluding carboxylic acids is 1. The molecule has 0 atom stereocenters. The standard InChI is InChI=1S/C24H23N3O3S/c1-3-26(18-9-6-8-17(2)14-18)22(28)16-31-24-25-21-12-5-4-11-20(21)23(29)27(24)15-19-10-7-13-30-19/h4-14H,3,15-16H2,1-2H3. The van der Waals surface area contributed by atoms with Crippen molar-refractivity contribution in [3.05, 3.63) is 88.6 Å². The maximum atomic E-state index is 13.1. The van der Waals surface area contributed by atoms with Crippen LogP contribution < -0.4 is 10.5 Å². The summed E-state index contributed by atoms with van der Waals surface area (Å²) >= 11 is 1.27.